The first-order valence-corrected chi connectivity index (χ1v) is 11.0. The number of benzene rings is 1. The maximum Gasteiger partial charge on any atom is 0.387 e. The van der Waals surface area contributed by atoms with Crippen molar-refractivity contribution in [3.05, 3.63) is 29.3 Å². The number of guanidine groups is 1. The van der Waals surface area contributed by atoms with E-state index in [1.165, 1.54) is 13.1 Å². The van der Waals surface area contributed by atoms with Crippen molar-refractivity contribution < 1.29 is 13.5 Å². The van der Waals surface area contributed by atoms with Gasteiger partial charge in [0.25, 0.3) is 0 Å². The molecule has 0 unspecified atom stereocenters. The van der Waals surface area contributed by atoms with Crippen LogP contribution in [0.5, 0.6) is 5.75 Å². The summed E-state index contributed by atoms with van der Waals surface area (Å²) in [6, 6.07) is 5.17. The smallest absolute Gasteiger partial charge is 0.387 e. The van der Waals surface area contributed by atoms with Crippen molar-refractivity contribution in [1.29, 1.82) is 0 Å². The average molecular weight is 426 g/mol. The molecule has 0 atom stereocenters. The van der Waals surface area contributed by atoms with Crippen molar-refractivity contribution in [2.24, 2.45) is 4.99 Å². The second-order valence-electron chi connectivity index (χ2n) is 7.59. The molecule has 30 heavy (non-hydrogen) atoms. The Morgan fingerprint density at radius 1 is 1.10 bits per heavy atom. The first-order valence-electron chi connectivity index (χ1n) is 11.0. The molecule has 1 fully saturated rings. The second-order valence-corrected chi connectivity index (χ2v) is 7.59. The van der Waals surface area contributed by atoms with Crippen LogP contribution in [0.1, 0.15) is 37.8 Å². The molecule has 8 heteroatoms. The quantitative estimate of drug-likeness (QED) is 0.324. The van der Waals surface area contributed by atoms with E-state index < -0.39 is 6.61 Å². The lowest BCUT2D eigenvalue weighted by Crippen LogP contribution is -2.46. The van der Waals surface area contributed by atoms with Gasteiger partial charge >= 0.3 is 6.61 Å². The lowest BCUT2D eigenvalue weighted by atomic mass is 10.1. The third-order valence-corrected chi connectivity index (χ3v) is 5.29. The number of aryl methyl sites for hydroxylation is 1. The molecule has 1 aliphatic heterocycles. The highest BCUT2D eigenvalue weighted by Crippen LogP contribution is 2.22. The van der Waals surface area contributed by atoms with Gasteiger partial charge in [0.2, 0.25) is 0 Å². The predicted molar refractivity (Wildman–Crippen MR) is 118 cm³/mol. The van der Waals surface area contributed by atoms with Crippen molar-refractivity contribution in [2.75, 3.05) is 52.4 Å². The fourth-order valence-corrected chi connectivity index (χ4v) is 3.55. The van der Waals surface area contributed by atoms with Gasteiger partial charge < -0.3 is 25.2 Å². The third-order valence-electron chi connectivity index (χ3n) is 5.29. The minimum absolute atomic E-state index is 0.179. The summed E-state index contributed by atoms with van der Waals surface area (Å²) in [5.41, 5.74) is 1.64. The van der Waals surface area contributed by atoms with Crippen LogP contribution in [0, 0.1) is 6.92 Å². The van der Waals surface area contributed by atoms with Crippen molar-refractivity contribution in [2.45, 2.75) is 46.8 Å². The summed E-state index contributed by atoms with van der Waals surface area (Å²) in [6.07, 6.45) is 2.20. The van der Waals surface area contributed by atoms with Gasteiger partial charge in [-0.05, 0) is 45.8 Å². The van der Waals surface area contributed by atoms with Crippen molar-refractivity contribution in [3.8, 4) is 5.75 Å². The summed E-state index contributed by atoms with van der Waals surface area (Å²) >= 11 is 0. The normalized spacial score (nSPS) is 16.1. The number of unbranched alkanes of at least 4 members (excludes halogenated alkanes) is 1. The van der Waals surface area contributed by atoms with E-state index in [2.05, 4.69) is 37.1 Å². The van der Waals surface area contributed by atoms with Crippen LogP contribution < -0.4 is 15.4 Å². The standard InChI is InChI=1S/C22H37F2N5O/c1-4-25-22(26-10-6-7-11-29-14-12-28(5-2)13-15-29)27-17-19-16-18(3)8-9-20(19)30-21(23)24/h8-9,16,21H,4-7,10-15,17H2,1-3H3,(H2,25,26,27). The molecule has 2 rings (SSSR count). The van der Waals surface area contributed by atoms with Gasteiger partial charge in [-0.15, -0.1) is 0 Å². The minimum atomic E-state index is -2.84. The highest BCUT2D eigenvalue weighted by Gasteiger charge is 2.14. The van der Waals surface area contributed by atoms with Crippen molar-refractivity contribution >= 4 is 5.96 Å². The SMILES string of the molecule is CCNC(=NCc1cc(C)ccc1OC(F)F)NCCCCN1CCN(CC)CC1. The zero-order valence-electron chi connectivity index (χ0n) is 18.6. The number of rotatable bonds is 11. The second kappa shape index (κ2) is 13.4. The highest BCUT2D eigenvalue weighted by molar-refractivity contribution is 5.79. The zero-order valence-corrected chi connectivity index (χ0v) is 18.6. The number of nitrogens with one attached hydrogen (secondary N) is 2. The van der Waals surface area contributed by atoms with Crippen LogP contribution in [-0.4, -0.2) is 74.7 Å². The molecule has 0 aromatic heterocycles. The molecule has 0 aliphatic carbocycles. The Balaban J connectivity index is 1.77. The van der Waals surface area contributed by atoms with Gasteiger partial charge in [-0.1, -0.05) is 24.6 Å². The Hall–Kier alpha value is -1.93. The molecule has 0 spiro atoms. The monoisotopic (exact) mass is 425 g/mol. The van der Waals surface area contributed by atoms with Gasteiger partial charge in [-0.25, -0.2) is 4.99 Å². The number of halogens is 2. The molecular weight excluding hydrogens is 388 g/mol. The van der Waals surface area contributed by atoms with E-state index in [0.717, 1.165) is 57.7 Å². The molecule has 0 radical (unpaired) electrons. The average Bonchev–Trinajstić information content (AvgIpc) is 2.73. The number of ether oxygens (including phenoxy) is 1. The van der Waals surface area contributed by atoms with E-state index in [1.807, 2.05) is 19.9 Å². The summed E-state index contributed by atoms with van der Waals surface area (Å²) in [6.45, 7) is 12.1. The maximum atomic E-state index is 12.6. The number of aliphatic imine (C=N–C) groups is 1. The molecule has 6 nitrogen and oxygen atoms in total. The van der Waals surface area contributed by atoms with Crippen LogP contribution in [-0.2, 0) is 6.54 Å². The van der Waals surface area contributed by atoms with Gasteiger partial charge in [0.05, 0.1) is 6.54 Å². The molecule has 2 N–H and O–H groups in total. The number of alkyl halides is 2. The topological polar surface area (TPSA) is 52.1 Å². The van der Waals surface area contributed by atoms with Crippen LogP contribution in [0.4, 0.5) is 8.78 Å². The molecular formula is C22H37F2N5O. The molecule has 1 saturated heterocycles. The largest absolute Gasteiger partial charge is 0.434 e. The summed E-state index contributed by atoms with van der Waals surface area (Å²) in [4.78, 5) is 9.58. The Morgan fingerprint density at radius 3 is 2.50 bits per heavy atom. The van der Waals surface area contributed by atoms with Gasteiger partial charge in [-0.2, -0.15) is 8.78 Å². The van der Waals surface area contributed by atoms with E-state index in [-0.39, 0.29) is 12.3 Å². The number of nitrogens with zero attached hydrogens (tertiary/aromatic N) is 3. The van der Waals surface area contributed by atoms with E-state index in [4.69, 9.17) is 0 Å². The third kappa shape index (κ3) is 8.83. The number of piperazine rings is 1. The van der Waals surface area contributed by atoms with E-state index in [1.54, 1.807) is 12.1 Å². The lowest BCUT2D eigenvalue weighted by molar-refractivity contribution is -0.0504. The Labute approximate surface area is 179 Å². The number of hydrogen-bond acceptors (Lipinski definition) is 4. The van der Waals surface area contributed by atoms with Crippen LogP contribution >= 0.6 is 0 Å². The zero-order chi connectivity index (χ0) is 21.8. The van der Waals surface area contributed by atoms with Crippen LogP contribution in [0.15, 0.2) is 23.2 Å². The molecule has 1 aromatic carbocycles. The number of likely N-dealkylation sites (N-methyl/N-ethyl adjacent to an activating group) is 1. The van der Waals surface area contributed by atoms with E-state index >= 15 is 0 Å². The van der Waals surface area contributed by atoms with Crippen LogP contribution in [0.3, 0.4) is 0 Å². The first-order chi connectivity index (χ1) is 14.5. The van der Waals surface area contributed by atoms with Crippen molar-refractivity contribution in [1.82, 2.24) is 20.4 Å². The van der Waals surface area contributed by atoms with Gasteiger partial charge in [0, 0.05) is 44.8 Å². The molecule has 0 bridgehead atoms. The molecule has 0 saturated carbocycles. The van der Waals surface area contributed by atoms with Gasteiger partial charge in [0.1, 0.15) is 5.75 Å². The predicted octanol–water partition coefficient (Wildman–Crippen LogP) is 3.07. The van der Waals surface area contributed by atoms with E-state index in [9.17, 15) is 8.78 Å². The van der Waals surface area contributed by atoms with Gasteiger partial charge in [-0.3, -0.25) is 0 Å². The minimum Gasteiger partial charge on any atom is -0.434 e. The summed E-state index contributed by atoms with van der Waals surface area (Å²) in [7, 11) is 0. The maximum absolute atomic E-state index is 12.6. The molecule has 1 aliphatic rings. The molecule has 1 aromatic rings. The highest BCUT2D eigenvalue weighted by atomic mass is 19.3. The summed E-state index contributed by atoms with van der Waals surface area (Å²) < 4.78 is 29.9. The Kier molecular flexibility index (Phi) is 10.9. The van der Waals surface area contributed by atoms with E-state index in [0.29, 0.717) is 11.5 Å². The number of hydrogen-bond donors (Lipinski definition) is 2. The Bertz CT molecular complexity index is 648. The molecule has 0 amide bonds. The van der Waals surface area contributed by atoms with Crippen molar-refractivity contribution in [3.63, 3.8) is 0 Å². The fraction of sp³-hybridized carbons (Fsp3) is 0.682. The molecule has 1 heterocycles. The van der Waals surface area contributed by atoms with Gasteiger partial charge in [0.15, 0.2) is 5.96 Å². The summed E-state index contributed by atoms with van der Waals surface area (Å²) in [5, 5.41) is 6.56. The lowest BCUT2D eigenvalue weighted by Gasteiger charge is -2.34. The summed E-state index contributed by atoms with van der Waals surface area (Å²) in [5.74, 6) is 0.872. The van der Waals surface area contributed by atoms with Crippen LogP contribution in [0.2, 0.25) is 0 Å². The fourth-order valence-electron chi connectivity index (χ4n) is 3.55. The Morgan fingerprint density at radius 2 is 1.83 bits per heavy atom. The first kappa shape index (κ1) is 24.3. The molecule has 170 valence electrons. The van der Waals surface area contributed by atoms with Crippen LogP contribution in [0.25, 0.3) is 0 Å².